The van der Waals surface area contributed by atoms with Crippen molar-refractivity contribution in [3.63, 3.8) is 0 Å². The van der Waals surface area contributed by atoms with Crippen molar-refractivity contribution in [3.8, 4) is 11.5 Å². The van der Waals surface area contributed by atoms with Gasteiger partial charge in [-0.05, 0) is 36.8 Å². The summed E-state index contributed by atoms with van der Waals surface area (Å²) in [6.07, 6.45) is 3.65. The van der Waals surface area contributed by atoms with E-state index in [-0.39, 0.29) is 0 Å². The van der Waals surface area contributed by atoms with Gasteiger partial charge < -0.3 is 20.1 Å². The molecule has 2 N–H and O–H groups in total. The third-order valence-electron chi connectivity index (χ3n) is 4.01. The fourth-order valence-corrected chi connectivity index (χ4v) is 2.82. The van der Waals surface area contributed by atoms with Gasteiger partial charge in [-0.15, -0.1) is 0 Å². The van der Waals surface area contributed by atoms with E-state index < -0.39 is 0 Å². The number of methoxy groups -OCH3 is 2. The summed E-state index contributed by atoms with van der Waals surface area (Å²) in [7, 11) is 3.23. The van der Waals surface area contributed by atoms with E-state index in [1.807, 2.05) is 29.1 Å². The van der Waals surface area contributed by atoms with Crippen LogP contribution in [0.5, 0.6) is 11.5 Å². The molecule has 0 spiro atoms. The van der Waals surface area contributed by atoms with Crippen LogP contribution in [0.1, 0.15) is 11.1 Å². The highest BCUT2D eigenvalue weighted by molar-refractivity contribution is 7.80. The number of thiocarbonyl (C=S) groups is 1. The highest BCUT2D eigenvalue weighted by atomic mass is 32.1. The lowest BCUT2D eigenvalue weighted by atomic mass is 10.1. The van der Waals surface area contributed by atoms with E-state index >= 15 is 0 Å². The van der Waals surface area contributed by atoms with Crippen LogP contribution in [0, 0.1) is 6.92 Å². The molecule has 0 amide bonds. The van der Waals surface area contributed by atoms with Gasteiger partial charge in [-0.1, -0.05) is 29.8 Å². The maximum Gasteiger partial charge on any atom is 0.175 e. The van der Waals surface area contributed by atoms with E-state index in [2.05, 4.69) is 46.9 Å². The molecule has 3 rings (SSSR count). The number of aromatic nitrogens is 2. The van der Waals surface area contributed by atoms with E-state index in [4.69, 9.17) is 21.7 Å². The minimum Gasteiger partial charge on any atom is -0.497 e. The summed E-state index contributed by atoms with van der Waals surface area (Å²) in [6.45, 7) is 2.77. The SMILES string of the molecule is COc1ccc(OC)c(NC(=S)Nc2cnn(Cc3ccc(C)cc3)c2)c1. The molecule has 0 saturated carbocycles. The van der Waals surface area contributed by atoms with Crippen LogP contribution in [0.3, 0.4) is 0 Å². The lowest BCUT2D eigenvalue weighted by Crippen LogP contribution is -2.19. The molecule has 0 aliphatic carbocycles. The lowest BCUT2D eigenvalue weighted by molar-refractivity contribution is 0.405. The smallest absolute Gasteiger partial charge is 0.175 e. The Bertz CT molecular complexity index is 922. The van der Waals surface area contributed by atoms with Crippen LogP contribution in [0.4, 0.5) is 11.4 Å². The fraction of sp³-hybridized carbons (Fsp3) is 0.200. The first-order chi connectivity index (χ1) is 13.1. The van der Waals surface area contributed by atoms with E-state index in [1.54, 1.807) is 20.4 Å². The molecule has 0 bridgehead atoms. The second-order valence-electron chi connectivity index (χ2n) is 6.06. The van der Waals surface area contributed by atoms with Crippen LogP contribution >= 0.6 is 12.2 Å². The highest BCUT2D eigenvalue weighted by Crippen LogP contribution is 2.29. The molecule has 0 aliphatic rings. The molecule has 0 radical (unpaired) electrons. The Morgan fingerprint density at radius 1 is 1.07 bits per heavy atom. The van der Waals surface area contributed by atoms with Gasteiger partial charge >= 0.3 is 0 Å². The summed E-state index contributed by atoms with van der Waals surface area (Å²) >= 11 is 5.40. The fourth-order valence-electron chi connectivity index (χ4n) is 2.59. The van der Waals surface area contributed by atoms with E-state index in [9.17, 15) is 0 Å². The van der Waals surface area contributed by atoms with Gasteiger partial charge in [0.2, 0.25) is 0 Å². The van der Waals surface area contributed by atoms with Crippen molar-refractivity contribution in [2.45, 2.75) is 13.5 Å². The van der Waals surface area contributed by atoms with Crippen LogP contribution in [0.2, 0.25) is 0 Å². The summed E-state index contributed by atoms with van der Waals surface area (Å²) in [6, 6.07) is 13.9. The molecule has 0 aliphatic heterocycles. The van der Waals surface area contributed by atoms with Crippen LogP contribution < -0.4 is 20.1 Å². The Balaban J connectivity index is 1.63. The van der Waals surface area contributed by atoms with Crippen molar-refractivity contribution < 1.29 is 9.47 Å². The molecule has 140 valence electrons. The zero-order valence-corrected chi connectivity index (χ0v) is 16.3. The third kappa shape index (κ3) is 4.98. The van der Waals surface area contributed by atoms with Gasteiger partial charge in [0.15, 0.2) is 5.11 Å². The number of hydrogen-bond acceptors (Lipinski definition) is 4. The molecule has 27 heavy (non-hydrogen) atoms. The average Bonchev–Trinajstić information content (AvgIpc) is 3.10. The summed E-state index contributed by atoms with van der Waals surface area (Å²) < 4.78 is 12.5. The minimum atomic E-state index is 0.441. The summed E-state index contributed by atoms with van der Waals surface area (Å²) in [5, 5.41) is 11.1. The third-order valence-corrected chi connectivity index (χ3v) is 4.22. The van der Waals surface area contributed by atoms with Crippen LogP contribution in [-0.2, 0) is 6.54 Å². The number of rotatable bonds is 6. The summed E-state index contributed by atoms with van der Waals surface area (Å²) in [5.41, 5.74) is 3.96. The largest absolute Gasteiger partial charge is 0.497 e. The molecule has 6 nitrogen and oxygen atoms in total. The predicted molar refractivity (Wildman–Crippen MR) is 112 cm³/mol. The molecule has 2 aromatic carbocycles. The molecular formula is C20H22N4O2S. The zero-order valence-electron chi connectivity index (χ0n) is 15.5. The van der Waals surface area contributed by atoms with E-state index in [1.165, 1.54) is 11.1 Å². The number of benzene rings is 2. The van der Waals surface area contributed by atoms with Gasteiger partial charge in [0.05, 0.1) is 38.3 Å². The second kappa shape index (κ2) is 8.55. The van der Waals surface area contributed by atoms with Crippen molar-refractivity contribution in [3.05, 3.63) is 66.0 Å². The van der Waals surface area contributed by atoms with Gasteiger partial charge in [-0.25, -0.2) is 0 Å². The first-order valence-corrected chi connectivity index (χ1v) is 8.86. The Kier molecular flexibility index (Phi) is 5.93. The average molecular weight is 382 g/mol. The van der Waals surface area contributed by atoms with Crippen molar-refractivity contribution in [2.75, 3.05) is 24.9 Å². The van der Waals surface area contributed by atoms with E-state index in [0.717, 1.165) is 11.4 Å². The van der Waals surface area contributed by atoms with Crippen molar-refractivity contribution in [1.29, 1.82) is 0 Å². The normalized spacial score (nSPS) is 10.3. The molecular weight excluding hydrogens is 360 g/mol. The standard InChI is InChI=1S/C20H22N4O2S/c1-14-4-6-15(7-5-14)12-24-13-16(11-21-24)22-20(27)23-18-10-17(25-2)8-9-19(18)26-3/h4-11,13H,12H2,1-3H3,(H2,22,23,27). The molecule has 0 saturated heterocycles. The quantitative estimate of drug-likeness (QED) is 0.627. The first-order valence-electron chi connectivity index (χ1n) is 8.45. The topological polar surface area (TPSA) is 60.3 Å². The Hall–Kier alpha value is -3.06. The Labute approximate surface area is 164 Å². The van der Waals surface area contributed by atoms with Crippen LogP contribution in [0.25, 0.3) is 0 Å². The zero-order chi connectivity index (χ0) is 19.2. The van der Waals surface area contributed by atoms with Gasteiger partial charge in [-0.3, -0.25) is 4.68 Å². The number of anilines is 2. The van der Waals surface area contributed by atoms with Gasteiger partial charge in [0.1, 0.15) is 11.5 Å². The number of ether oxygens (including phenoxy) is 2. The van der Waals surface area contributed by atoms with Gasteiger partial charge in [0, 0.05) is 12.3 Å². The Morgan fingerprint density at radius 2 is 1.85 bits per heavy atom. The minimum absolute atomic E-state index is 0.441. The second-order valence-corrected chi connectivity index (χ2v) is 6.47. The summed E-state index contributed by atoms with van der Waals surface area (Å²) in [4.78, 5) is 0. The number of hydrogen-bond donors (Lipinski definition) is 2. The predicted octanol–water partition coefficient (Wildman–Crippen LogP) is 4.07. The summed E-state index contributed by atoms with van der Waals surface area (Å²) in [5.74, 6) is 1.39. The molecule has 0 atom stereocenters. The molecule has 3 aromatic rings. The highest BCUT2D eigenvalue weighted by Gasteiger charge is 2.08. The first kappa shape index (κ1) is 18.7. The number of nitrogens with one attached hydrogen (secondary N) is 2. The maximum absolute atomic E-state index is 5.40. The Morgan fingerprint density at radius 3 is 2.56 bits per heavy atom. The maximum atomic E-state index is 5.40. The van der Waals surface area contributed by atoms with Crippen molar-refractivity contribution in [1.82, 2.24) is 9.78 Å². The molecule has 1 aromatic heterocycles. The van der Waals surface area contributed by atoms with E-state index in [0.29, 0.717) is 23.2 Å². The van der Waals surface area contributed by atoms with Gasteiger partial charge in [-0.2, -0.15) is 5.10 Å². The van der Waals surface area contributed by atoms with Crippen LogP contribution in [0.15, 0.2) is 54.9 Å². The number of nitrogens with zero attached hydrogens (tertiary/aromatic N) is 2. The van der Waals surface area contributed by atoms with Gasteiger partial charge in [0.25, 0.3) is 0 Å². The van der Waals surface area contributed by atoms with Crippen LogP contribution in [-0.4, -0.2) is 29.1 Å². The van der Waals surface area contributed by atoms with Crippen molar-refractivity contribution >= 4 is 28.7 Å². The monoisotopic (exact) mass is 382 g/mol. The van der Waals surface area contributed by atoms with Crippen molar-refractivity contribution in [2.24, 2.45) is 0 Å². The number of aryl methyl sites for hydroxylation is 1. The molecule has 1 heterocycles. The lowest BCUT2D eigenvalue weighted by Gasteiger charge is -2.13. The molecule has 0 unspecified atom stereocenters. The molecule has 0 fully saturated rings. The molecule has 7 heteroatoms.